The van der Waals surface area contributed by atoms with E-state index >= 15 is 0 Å². The number of ketones is 1. The molecular weight excluding hydrogens is 424 g/mol. The van der Waals surface area contributed by atoms with Gasteiger partial charge < -0.3 is 14.9 Å². The third-order valence-corrected chi connectivity index (χ3v) is 7.11. The fourth-order valence-corrected chi connectivity index (χ4v) is 4.52. The highest BCUT2D eigenvalue weighted by Crippen LogP contribution is 2.40. The first kappa shape index (κ1) is 25.5. The second-order valence-corrected chi connectivity index (χ2v) is 10.3. The number of aryl methyl sites for hydroxylation is 2. The van der Waals surface area contributed by atoms with Crippen molar-refractivity contribution >= 4 is 5.78 Å². The summed E-state index contributed by atoms with van der Waals surface area (Å²) in [7, 11) is 1.63. The molecule has 0 bridgehead atoms. The zero-order chi connectivity index (χ0) is 25.4. The largest absolute Gasteiger partial charge is 0.507 e. The van der Waals surface area contributed by atoms with Crippen LogP contribution in [0.1, 0.15) is 83.9 Å². The minimum absolute atomic E-state index is 0.0523. The Kier molecular flexibility index (Phi) is 6.95. The molecule has 0 spiro atoms. The summed E-state index contributed by atoms with van der Waals surface area (Å²) in [4.78, 5) is 12.1. The zero-order valence-electron chi connectivity index (χ0n) is 21.5. The van der Waals surface area contributed by atoms with Gasteiger partial charge in [-0.15, -0.1) is 0 Å². The summed E-state index contributed by atoms with van der Waals surface area (Å²) in [5.41, 5.74) is 6.28. The average molecular weight is 461 g/mol. The number of carbonyl (C=O) groups is 1. The molecule has 0 atom stereocenters. The smallest absolute Gasteiger partial charge is 0.163 e. The summed E-state index contributed by atoms with van der Waals surface area (Å²) in [5.74, 6) is 0.180. The molecule has 0 aliphatic heterocycles. The molecule has 3 rings (SSSR count). The first-order valence-corrected chi connectivity index (χ1v) is 11.6. The van der Waals surface area contributed by atoms with E-state index < -0.39 is 0 Å². The summed E-state index contributed by atoms with van der Waals surface area (Å²) >= 11 is 0. The maximum atomic E-state index is 12.1. The van der Waals surface area contributed by atoms with Crippen LogP contribution in [0.3, 0.4) is 0 Å². The van der Waals surface area contributed by atoms with Gasteiger partial charge in [0.05, 0.1) is 12.2 Å². The molecule has 34 heavy (non-hydrogen) atoms. The molecule has 4 heteroatoms. The summed E-state index contributed by atoms with van der Waals surface area (Å²) in [6, 6.07) is 16.3. The number of benzene rings is 3. The van der Waals surface area contributed by atoms with E-state index in [-0.39, 0.29) is 28.1 Å². The Hall–Kier alpha value is -3.11. The molecule has 0 amide bonds. The van der Waals surface area contributed by atoms with Crippen LogP contribution < -0.4 is 0 Å². The highest BCUT2D eigenvalue weighted by atomic mass is 16.5. The lowest BCUT2D eigenvalue weighted by Crippen LogP contribution is -2.23. The number of Topliss-reactive ketones (excluding diaryl/α,β-unsaturated/α-hetero) is 1. The van der Waals surface area contributed by atoms with Gasteiger partial charge in [0.15, 0.2) is 5.78 Å². The lowest BCUT2D eigenvalue weighted by atomic mass is 9.72. The van der Waals surface area contributed by atoms with Crippen LogP contribution in [0.25, 0.3) is 0 Å². The van der Waals surface area contributed by atoms with Crippen molar-refractivity contribution in [1.82, 2.24) is 0 Å². The van der Waals surface area contributed by atoms with E-state index in [1.54, 1.807) is 7.11 Å². The van der Waals surface area contributed by atoms with Crippen molar-refractivity contribution in [1.29, 1.82) is 0 Å². The van der Waals surface area contributed by atoms with Gasteiger partial charge in [0, 0.05) is 23.5 Å². The van der Waals surface area contributed by atoms with E-state index in [0.29, 0.717) is 17.7 Å². The second kappa shape index (κ2) is 9.27. The van der Waals surface area contributed by atoms with Crippen molar-refractivity contribution in [3.8, 4) is 11.5 Å². The standard InChI is InChI=1S/C30H36O4/c1-18-12-24(14-21(17-34-8)27(18)32)29(4,5)22-10-9-11-23(15-22)30(6,7)25-13-19(2)28(33)26(16-25)20(3)31/h9-16,32-33H,17H2,1-8H3. The lowest BCUT2D eigenvalue weighted by Gasteiger charge is -2.32. The molecule has 3 aromatic carbocycles. The van der Waals surface area contributed by atoms with Gasteiger partial charge in [0.2, 0.25) is 0 Å². The second-order valence-electron chi connectivity index (χ2n) is 10.3. The zero-order valence-corrected chi connectivity index (χ0v) is 21.5. The number of phenols is 2. The van der Waals surface area contributed by atoms with Crippen molar-refractivity contribution in [2.75, 3.05) is 7.11 Å². The summed E-state index contributed by atoms with van der Waals surface area (Å²) in [6.07, 6.45) is 0. The van der Waals surface area contributed by atoms with E-state index in [4.69, 9.17) is 4.74 Å². The van der Waals surface area contributed by atoms with Gasteiger partial charge in [0.1, 0.15) is 11.5 Å². The molecule has 0 heterocycles. The quantitative estimate of drug-likeness (QED) is 0.384. The fraction of sp³-hybridized carbons (Fsp3) is 0.367. The van der Waals surface area contributed by atoms with Crippen molar-refractivity contribution in [2.24, 2.45) is 0 Å². The van der Waals surface area contributed by atoms with Crippen molar-refractivity contribution in [3.05, 3.63) is 93.0 Å². The Labute approximate surface area is 203 Å². The Bertz CT molecular complexity index is 1230. The molecule has 0 saturated carbocycles. The SMILES string of the molecule is COCc1cc(C(C)(C)c2cccc(C(C)(C)c3cc(C)c(O)c(C(C)=O)c3)c2)cc(C)c1O. The fourth-order valence-electron chi connectivity index (χ4n) is 4.52. The molecule has 3 aromatic rings. The number of aromatic hydroxyl groups is 2. The minimum Gasteiger partial charge on any atom is -0.507 e. The van der Waals surface area contributed by atoms with Gasteiger partial charge in [-0.3, -0.25) is 4.79 Å². The number of phenolic OH excluding ortho intramolecular Hbond substituents is 2. The molecule has 0 saturated heterocycles. The van der Waals surface area contributed by atoms with Crippen LogP contribution >= 0.6 is 0 Å². The van der Waals surface area contributed by atoms with Gasteiger partial charge in [-0.25, -0.2) is 0 Å². The van der Waals surface area contributed by atoms with Crippen LogP contribution in [0, 0.1) is 13.8 Å². The average Bonchev–Trinajstić information content (AvgIpc) is 2.78. The molecule has 180 valence electrons. The summed E-state index contributed by atoms with van der Waals surface area (Å²) < 4.78 is 5.29. The van der Waals surface area contributed by atoms with E-state index in [9.17, 15) is 15.0 Å². The molecule has 0 aliphatic carbocycles. The maximum Gasteiger partial charge on any atom is 0.163 e. The Morgan fingerprint density at radius 2 is 1.29 bits per heavy atom. The number of hydrogen-bond donors (Lipinski definition) is 2. The monoisotopic (exact) mass is 460 g/mol. The van der Waals surface area contributed by atoms with Crippen molar-refractivity contribution in [2.45, 2.75) is 65.9 Å². The highest BCUT2D eigenvalue weighted by molar-refractivity contribution is 5.97. The number of ether oxygens (including phenoxy) is 1. The Morgan fingerprint density at radius 3 is 1.79 bits per heavy atom. The van der Waals surface area contributed by atoms with Crippen LogP contribution in [0.4, 0.5) is 0 Å². The maximum absolute atomic E-state index is 12.1. The van der Waals surface area contributed by atoms with E-state index in [1.165, 1.54) is 6.92 Å². The van der Waals surface area contributed by atoms with Crippen LogP contribution in [-0.4, -0.2) is 23.1 Å². The predicted molar refractivity (Wildman–Crippen MR) is 137 cm³/mol. The first-order chi connectivity index (χ1) is 15.8. The summed E-state index contributed by atoms with van der Waals surface area (Å²) in [6.45, 7) is 14.2. The minimum atomic E-state index is -0.388. The number of hydrogen-bond acceptors (Lipinski definition) is 4. The molecule has 0 aromatic heterocycles. The van der Waals surface area contributed by atoms with E-state index in [0.717, 1.165) is 33.4 Å². The van der Waals surface area contributed by atoms with Gasteiger partial charge >= 0.3 is 0 Å². The Morgan fingerprint density at radius 1 is 0.794 bits per heavy atom. The van der Waals surface area contributed by atoms with Gasteiger partial charge in [-0.1, -0.05) is 64.1 Å². The predicted octanol–water partition coefficient (Wildman–Crippen LogP) is 6.72. The number of carbonyl (C=O) groups excluding carboxylic acids is 1. The van der Waals surface area contributed by atoms with Gasteiger partial charge in [0.25, 0.3) is 0 Å². The molecular formula is C30H36O4. The highest BCUT2D eigenvalue weighted by Gasteiger charge is 2.30. The third-order valence-electron chi connectivity index (χ3n) is 7.11. The molecule has 4 nitrogen and oxygen atoms in total. The van der Waals surface area contributed by atoms with Gasteiger partial charge in [-0.2, -0.15) is 0 Å². The molecule has 0 aliphatic rings. The van der Waals surface area contributed by atoms with Crippen LogP contribution in [-0.2, 0) is 22.2 Å². The summed E-state index contributed by atoms with van der Waals surface area (Å²) in [5, 5.41) is 20.8. The van der Waals surface area contributed by atoms with E-state index in [2.05, 4.69) is 52.0 Å². The molecule has 0 fully saturated rings. The number of rotatable bonds is 7. The van der Waals surface area contributed by atoms with Crippen LogP contribution in [0.2, 0.25) is 0 Å². The van der Waals surface area contributed by atoms with Crippen molar-refractivity contribution in [3.63, 3.8) is 0 Å². The molecule has 0 unspecified atom stereocenters. The normalized spacial score (nSPS) is 12.1. The molecule has 0 radical (unpaired) electrons. The first-order valence-electron chi connectivity index (χ1n) is 11.6. The lowest BCUT2D eigenvalue weighted by molar-refractivity contribution is 0.101. The molecule has 2 N–H and O–H groups in total. The van der Waals surface area contributed by atoms with Crippen molar-refractivity contribution < 1.29 is 19.7 Å². The Balaban J connectivity index is 2.11. The van der Waals surface area contributed by atoms with Crippen LogP contribution in [0.5, 0.6) is 11.5 Å². The van der Waals surface area contributed by atoms with E-state index in [1.807, 2.05) is 38.1 Å². The third kappa shape index (κ3) is 4.60. The topological polar surface area (TPSA) is 66.8 Å². The van der Waals surface area contributed by atoms with Crippen LogP contribution in [0.15, 0.2) is 48.5 Å². The van der Waals surface area contributed by atoms with Gasteiger partial charge in [-0.05, 0) is 66.3 Å². The number of methoxy groups -OCH3 is 1.